The van der Waals surface area contributed by atoms with Gasteiger partial charge in [-0.3, -0.25) is 0 Å². The van der Waals surface area contributed by atoms with Crippen molar-refractivity contribution in [1.29, 1.82) is 0 Å². The molecule has 15 heavy (non-hydrogen) atoms. The maximum Gasteiger partial charge on any atom is 0.00903 e. The Morgan fingerprint density at radius 3 is 2.20 bits per heavy atom. The average molecular weight is 211 g/mol. The zero-order valence-electron chi connectivity index (χ0n) is 10.8. The summed E-state index contributed by atoms with van der Waals surface area (Å²) in [4.78, 5) is 0. The van der Waals surface area contributed by atoms with E-state index in [2.05, 4.69) is 20.8 Å². The highest BCUT2D eigenvalue weighted by atomic mass is 14.7. The first-order chi connectivity index (χ1) is 7.15. The number of unbranched alkanes of at least 4 members (excludes halogenated alkanes) is 1. The van der Waals surface area contributed by atoms with Crippen molar-refractivity contribution in [2.24, 2.45) is 23.5 Å². The summed E-state index contributed by atoms with van der Waals surface area (Å²) in [7, 11) is 0. The van der Waals surface area contributed by atoms with Crippen molar-refractivity contribution in [3.05, 3.63) is 0 Å². The molecule has 0 amide bonds. The van der Waals surface area contributed by atoms with Crippen molar-refractivity contribution in [3.8, 4) is 0 Å². The standard InChI is InChI=1S/C14H29N/c1-4-5-6-12-7-9-13(10-8-12)14(15)11(2)3/h11-14H,4-10,15H2,1-3H3. The van der Waals surface area contributed by atoms with E-state index in [0.29, 0.717) is 12.0 Å². The minimum Gasteiger partial charge on any atom is -0.327 e. The van der Waals surface area contributed by atoms with Gasteiger partial charge in [-0.25, -0.2) is 0 Å². The smallest absolute Gasteiger partial charge is 0.00903 e. The number of hydrogen-bond donors (Lipinski definition) is 1. The van der Waals surface area contributed by atoms with Crippen LogP contribution in [0.1, 0.15) is 65.7 Å². The predicted molar refractivity (Wildman–Crippen MR) is 67.8 cm³/mol. The van der Waals surface area contributed by atoms with Crippen LogP contribution in [-0.4, -0.2) is 6.04 Å². The molecular weight excluding hydrogens is 182 g/mol. The fourth-order valence-electron chi connectivity index (χ4n) is 2.90. The Bertz CT molecular complexity index is 157. The van der Waals surface area contributed by atoms with Crippen LogP contribution in [0.4, 0.5) is 0 Å². The van der Waals surface area contributed by atoms with Gasteiger partial charge in [-0.2, -0.15) is 0 Å². The normalized spacial score (nSPS) is 29.4. The molecule has 0 saturated heterocycles. The summed E-state index contributed by atoms with van der Waals surface area (Å²) in [6.45, 7) is 6.81. The SMILES string of the molecule is CCCCC1CCC(C(N)C(C)C)CC1. The molecule has 0 spiro atoms. The number of hydrogen-bond acceptors (Lipinski definition) is 1. The minimum atomic E-state index is 0.442. The van der Waals surface area contributed by atoms with Crippen molar-refractivity contribution in [2.75, 3.05) is 0 Å². The van der Waals surface area contributed by atoms with Gasteiger partial charge < -0.3 is 5.73 Å². The van der Waals surface area contributed by atoms with Crippen LogP contribution in [0.2, 0.25) is 0 Å². The van der Waals surface area contributed by atoms with Gasteiger partial charge in [0.1, 0.15) is 0 Å². The van der Waals surface area contributed by atoms with E-state index in [9.17, 15) is 0 Å². The largest absolute Gasteiger partial charge is 0.327 e. The third-order valence-electron chi connectivity index (χ3n) is 4.17. The highest BCUT2D eigenvalue weighted by molar-refractivity contribution is 4.81. The molecule has 1 heteroatoms. The molecule has 2 N–H and O–H groups in total. The van der Waals surface area contributed by atoms with Crippen molar-refractivity contribution in [1.82, 2.24) is 0 Å². The molecule has 1 fully saturated rings. The monoisotopic (exact) mass is 211 g/mol. The lowest BCUT2D eigenvalue weighted by molar-refractivity contribution is 0.208. The first-order valence-electron chi connectivity index (χ1n) is 6.90. The van der Waals surface area contributed by atoms with Gasteiger partial charge in [0.05, 0.1) is 0 Å². The summed E-state index contributed by atoms with van der Waals surface area (Å²) in [6.07, 6.45) is 9.87. The summed E-state index contributed by atoms with van der Waals surface area (Å²) in [5, 5.41) is 0. The zero-order chi connectivity index (χ0) is 11.3. The highest BCUT2D eigenvalue weighted by Crippen LogP contribution is 2.34. The Morgan fingerprint density at radius 2 is 1.73 bits per heavy atom. The van der Waals surface area contributed by atoms with Gasteiger partial charge >= 0.3 is 0 Å². The summed E-state index contributed by atoms with van der Waals surface area (Å²) < 4.78 is 0. The van der Waals surface area contributed by atoms with E-state index in [1.54, 1.807) is 0 Å². The summed E-state index contributed by atoms with van der Waals surface area (Å²) >= 11 is 0. The number of nitrogens with two attached hydrogens (primary N) is 1. The minimum absolute atomic E-state index is 0.442. The second-order valence-corrected chi connectivity index (χ2v) is 5.74. The van der Waals surface area contributed by atoms with Crippen LogP contribution in [0.25, 0.3) is 0 Å². The van der Waals surface area contributed by atoms with Crippen LogP contribution >= 0.6 is 0 Å². The van der Waals surface area contributed by atoms with Crippen LogP contribution in [0.5, 0.6) is 0 Å². The maximum absolute atomic E-state index is 6.24. The van der Waals surface area contributed by atoms with Gasteiger partial charge in [-0.15, -0.1) is 0 Å². The second kappa shape index (κ2) is 6.52. The molecule has 1 aliphatic rings. The van der Waals surface area contributed by atoms with Crippen LogP contribution in [0, 0.1) is 17.8 Å². The van der Waals surface area contributed by atoms with Crippen LogP contribution in [-0.2, 0) is 0 Å². The fraction of sp³-hybridized carbons (Fsp3) is 1.00. The van der Waals surface area contributed by atoms with Crippen LogP contribution < -0.4 is 5.73 Å². The van der Waals surface area contributed by atoms with Crippen LogP contribution in [0.15, 0.2) is 0 Å². The Labute approximate surface area is 95.8 Å². The molecule has 0 aromatic carbocycles. The molecule has 1 nitrogen and oxygen atoms in total. The Morgan fingerprint density at radius 1 is 1.13 bits per heavy atom. The van der Waals surface area contributed by atoms with Crippen LogP contribution in [0.3, 0.4) is 0 Å². The fourth-order valence-corrected chi connectivity index (χ4v) is 2.90. The third kappa shape index (κ3) is 4.14. The molecule has 1 rings (SSSR count). The molecule has 0 aliphatic heterocycles. The molecule has 1 saturated carbocycles. The quantitative estimate of drug-likeness (QED) is 0.731. The Hall–Kier alpha value is -0.0400. The molecule has 0 aromatic rings. The van der Waals surface area contributed by atoms with Gasteiger partial charge in [0, 0.05) is 6.04 Å². The molecule has 1 aliphatic carbocycles. The van der Waals surface area contributed by atoms with Crippen molar-refractivity contribution in [3.63, 3.8) is 0 Å². The van der Waals surface area contributed by atoms with E-state index in [-0.39, 0.29) is 0 Å². The van der Waals surface area contributed by atoms with Gasteiger partial charge in [0.15, 0.2) is 0 Å². The molecular formula is C14H29N. The molecule has 0 bridgehead atoms. The Kier molecular flexibility index (Phi) is 5.66. The predicted octanol–water partition coefficient (Wildman–Crippen LogP) is 3.97. The first kappa shape index (κ1) is 13.0. The third-order valence-corrected chi connectivity index (χ3v) is 4.17. The van der Waals surface area contributed by atoms with Crippen molar-refractivity contribution >= 4 is 0 Å². The molecule has 0 radical (unpaired) electrons. The molecule has 90 valence electrons. The highest BCUT2D eigenvalue weighted by Gasteiger charge is 2.26. The summed E-state index contributed by atoms with van der Waals surface area (Å²) in [6, 6.07) is 0.442. The Balaban J connectivity index is 2.23. The molecule has 1 atom stereocenters. The molecule has 0 aromatic heterocycles. The molecule has 0 heterocycles. The van der Waals surface area contributed by atoms with E-state index in [1.165, 1.54) is 44.9 Å². The molecule has 1 unspecified atom stereocenters. The van der Waals surface area contributed by atoms with Gasteiger partial charge in [0.25, 0.3) is 0 Å². The average Bonchev–Trinajstić information content (AvgIpc) is 2.26. The topological polar surface area (TPSA) is 26.0 Å². The van der Waals surface area contributed by atoms with Crippen molar-refractivity contribution < 1.29 is 0 Å². The lowest BCUT2D eigenvalue weighted by Crippen LogP contribution is -2.37. The first-order valence-corrected chi connectivity index (χ1v) is 6.90. The van der Waals surface area contributed by atoms with Crippen molar-refractivity contribution in [2.45, 2.75) is 71.8 Å². The van der Waals surface area contributed by atoms with E-state index in [4.69, 9.17) is 5.73 Å². The van der Waals surface area contributed by atoms with Gasteiger partial charge in [-0.05, 0) is 30.6 Å². The zero-order valence-corrected chi connectivity index (χ0v) is 10.8. The lowest BCUT2D eigenvalue weighted by Gasteiger charge is -2.33. The summed E-state index contributed by atoms with van der Waals surface area (Å²) in [5.41, 5.74) is 6.24. The van der Waals surface area contributed by atoms with E-state index in [1.807, 2.05) is 0 Å². The lowest BCUT2D eigenvalue weighted by atomic mass is 9.75. The van der Waals surface area contributed by atoms with E-state index < -0.39 is 0 Å². The van der Waals surface area contributed by atoms with Gasteiger partial charge in [-0.1, -0.05) is 52.9 Å². The van der Waals surface area contributed by atoms with Gasteiger partial charge in [0.2, 0.25) is 0 Å². The maximum atomic E-state index is 6.24. The van der Waals surface area contributed by atoms with E-state index >= 15 is 0 Å². The van der Waals surface area contributed by atoms with E-state index in [0.717, 1.165) is 11.8 Å². The second-order valence-electron chi connectivity index (χ2n) is 5.74. The number of rotatable bonds is 5. The summed E-state index contributed by atoms with van der Waals surface area (Å²) in [5.74, 6) is 2.48.